The van der Waals surface area contributed by atoms with E-state index in [4.69, 9.17) is 15.7 Å². The summed E-state index contributed by atoms with van der Waals surface area (Å²) in [6, 6.07) is 8.84. The molecular weight excluding hydrogens is 263 g/mol. The number of nitriles is 1. The number of fused-ring (bicyclic) bond motifs is 1. The Morgan fingerprint density at radius 3 is 2.75 bits per heavy atom. The van der Waals surface area contributed by atoms with E-state index < -0.39 is 5.82 Å². The van der Waals surface area contributed by atoms with E-state index in [0.717, 1.165) is 6.07 Å². The van der Waals surface area contributed by atoms with Crippen molar-refractivity contribution in [2.24, 2.45) is 0 Å². The van der Waals surface area contributed by atoms with Crippen molar-refractivity contribution in [2.45, 2.75) is 0 Å². The van der Waals surface area contributed by atoms with Gasteiger partial charge in [0.15, 0.2) is 16.8 Å². The minimum absolute atomic E-state index is 0.0529. The maximum absolute atomic E-state index is 13.5. The minimum atomic E-state index is -0.657. The van der Waals surface area contributed by atoms with Crippen LogP contribution in [0.1, 0.15) is 5.56 Å². The molecule has 3 aromatic rings. The SMILES string of the molecule is N#Cc1ccc(Oc2ccc(N)c3nonc23)cc1F. The Bertz CT molecular complexity index is 838. The fourth-order valence-corrected chi connectivity index (χ4v) is 1.72. The number of nitrogens with two attached hydrogens (primary N) is 1. The zero-order valence-electron chi connectivity index (χ0n) is 10.0. The Balaban J connectivity index is 2.02. The number of rotatable bonds is 2. The summed E-state index contributed by atoms with van der Waals surface area (Å²) in [5, 5.41) is 16.0. The molecule has 2 aromatic carbocycles. The molecule has 98 valence electrons. The molecule has 2 N–H and O–H groups in total. The Morgan fingerprint density at radius 2 is 2.00 bits per heavy atom. The lowest BCUT2D eigenvalue weighted by Gasteiger charge is -2.06. The highest BCUT2D eigenvalue weighted by atomic mass is 19.1. The Kier molecular flexibility index (Phi) is 2.69. The van der Waals surface area contributed by atoms with Crippen molar-refractivity contribution in [3.63, 3.8) is 0 Å². The zero-order valence-corrected chi connectivity index (χ0v) is 10.0. The Morgan fingerprint density at radius 1 is 1.20 bits per heavy atom. The fourth-order valence-electron chi connectivity index (χ4n) is 1.72. The molecule has 0 fully saturated rings. The number of aromatic nitrogens is 2. The largest absolute Gasteiger partial charge is 0.455 e. The van der Waals surface area contributed by atoms with Crippen LogP contribution in [0, 0.1) is 17.1 Å². The van der Waals surface area contributed by atoms with Crippen LogP contribution in [0.2, 0.25) is 0 Å². The van der Waals surface area contributed by atoms with Gasteiger partial charge in [0.25, 0.3) is 0 Å². The third kappa shape index (κ3) is 1.89. The molecule has 0 amide bonds. The summed E-state index contributed by atoms with van der Waals surface area (Å²) in [5.74, 6) is -0.0925. The van der Waals surface area contributed by atoms with Crippen LogP contribution in [-0.4, -0.2) is 10.3 Å². The molecule has 0 saturated heterocycles. The lowest BCUT2D eigenvalue weighted by Crippen LogP contribution is -1.91. The molecule has 1 heterocycles. The average Bonchev–Trinajstić information content (AvgIpc) is 2.93. The van der Waals surface area contributed by atoms with E-state index in [1.807, 2.05) is 0 Å². The van der Waals surface area contributed by atoms with Crippen molar-refractivity contribution in [2.75, 3.05) is 5.73 Å². The van der Waals surface area contributed by atoms with Crippen LogP contribution >= 0.6 is 0 Å². The van der Waals surface area contributed by atoms with Gasteiger partial charge in [-0.3, -0.25) is 0 Å². The van der Waals surface area contributed by atoms with E-state index in [9.17, 15) is 4.39 Å². The van der Waals surface area contributed by atoms with Crippen LogP contribution in [-0.2, 0) is 0 Å². The lowest BCUT2D eigenvalue weighted by molar-refractivity contribution is 0.314. The quantitative estimate of drug-likeness (QED) is 0.719. The number of benzene rings is 2. The van der Waals surface area contributed by atoms with Crippen molar-refractivity contribution in [3.05, 3.63) is 41.7 Å². The molecule has 0 spiro atoms. The molecule has 0 aliphatic carbocycles. The van der Waals surface area contributed by atoms with E-state index in [-0.39, 0.29) is 11.3 Å². The topological polar surface area (TPSA) is 98.0 Å². The maximum atomic E-state index is 13.5. The van der Waals surface area contributed by atoms with E-state index in [1.165, 1.54) is 12.1 Å². The van der Waals surface area contributed by atoms with Crippen LogP contribution < -0.4 is 10.5 Å². The number of nitrogens with zero attached hydrogens (tertiary/aromatic N) is 3. The van der Waals surface area contributed by atoms with Gasteiger partial charge in [0, 0.05) is 6.07 Å². The van der Waals surface area contributed by atoms with Crippen LogP contribution in [0.25, 0.3) is 11.0 Å². The zero-order chi connectivity index (χ0) is 14.1. The van der Waals surface area contributed by atoms with Crippen molar-refractivity contribution < 1.29 is 13.8 Å². The summed E-state index contributed by atoms with van der Waals surface area (Å²) in [4.78, 5) is 0. The van der Waals surface area contributed by atoms with Gasteiger partial charge in [-0.25, -0.2) is 9.02 Å². The first-order valence-corrected chi connectivity index (χ1v) is 5.57. The van der Waals surface area contributed by atoms with Crippen LogP contribution in [0.15, 0.2) is 35.0 Å². The highest BCUT2D eigenvalue weighted by Gasteiger charge is 2.12. The number of nitrogen functional groups attached to an aromatic ring is 1. The highest BCUT2D eigenvalue weighted by molar-refractivity contribution is 5.90. The van der Waals surface area contributed by atoms with Crippen LogP contribution in [0.3, 0.4) is 0 Å². The molecule has 20 heavy (non-hydrogen) atoms. The first-order valence-electron chi connectivity index (χ1n) is 5.57. The molecule has 0 atom stereocenters. The highest BCUT2D eigenvalue weighted by Crippen LogP contribution is 2.31. The summed E-state index contributed by atoms with van der Waals surface area (Å²) in [6.45, 7) is 0. The summed E-state index contributed by atoms with van der Waals surface area (Å²) in [5.41, 5.74) is 6.77. The summed E-state index contributed by atoms with van der Waals surface area (Å²) in [6.07, 6.45) is 0. The molecule has 0 aliphatic heterocycles. The Hall–Kier alpha value is -3.14. The number of anilines is 1. The molecule has 1 aromatic heterocycles. The standard InChI is InChI=1S/C13H7FN4O2/c14-9-5-8(2-1-7(9)6-15)19-11-4-3-10(16)12-13(11)18-20-17-12/h1-5H,16H2. The van der Waals surface area contributed by atoms with Gasteiger partial charge in [-0.2, -0.15) is 5.26 Å². The maximum Gasteiger partial charge on any atom is 0.179 e. The monoisotopic (exact) mass is 270 g/mol. The van der Waals surface area contributed by atoms with Gasteiger partial charge in [-0.15, -0.1) is 0 Å². The van der Waals surface area contributed by atoms with Crippen LogP contribution in [0.4, 0.5) is 10.1 Å². The molecule has 0 aliphatic rings. The van der Waals surface area contributed by atoms with Gasteiger partial charge >= 0.3 is 0 Å². The van der Waals surface area contributed by atoms with Gasteiger partial charge in [-0.05, 0) is 34.6 Å². The second-order valence-electron chi connectivity index (χ2n) is 3.97. The van der Waals surface area contributed by atoms with E-state index in [0.29, 0.717) is 22.5 Å². The number of hydrogen-bond donors (Lipinski definition) is 1. The summed E-state index contributed by atoms with van der Waals surface area (Å²) < 4.78 is 23.6. The third-order valence-corrected chi connectivity index (χ3v) is 2.70. The van der Waals surface area contributed by atoms with Gasteiger partial charge in [0.2, 0.25) is 0 Å². The second kappa shape index (κ2) is 4.51. The summed E-state index contributed by atoms with van der Waals surface area (Å²) in [7, 11) is 0. The van der Waals surface area contributed by atoms with Gasteiger partial charge in [-0.1, -0.05) is 0 Å². The molecule has 0 unspecified atom stereocenters. The summed E-state index contributed by atoms with van der Waals surface area (Å²) >= 11 is 0. The fraction of sp³-hybridized carbons (Fsp3) is 0. The molecule has 6 nitrogen and oxygen atoms in total. The van der Waals surface area contributed by atoms with E-state index in [2.05, 4.69) is 14.9 Å². The number of ether oxygens (including phenoxy) is 1. The molecule has 7 heteroatoms. The van der Waals surface area contributed by atoms with Crippen molar-refractivity contribution >= 4 is 16.7 Å². The predicted molar refractivity (Wildman–Crippen MR) is 67.4 cm³/mol. The molecule has 0 bridgehead atoms. The van der Waals surface area contributed by atoms with Gasteiger partial charge in [0.1, 0.15) is 17.6 Å². The van der Waals surface area contributed by atoms with Crippen molar-refractivity contribution in [1.29, 1.82) is 5.26 Å². The average molecular weight is 270 g/mol. The van der Waals surface area contributed by atoms with Crippen LogP contribution in [0.5, 0.6) is 11.5 Å². The lowest BCUT2D eigenvalue weighted by atomic mass is 10.2. The smallest absolute Gasteiger partial charge is 0.179 e. The first-order chi connectivity index (χ1) is 9.69. The van der Waals surface area contributed by atoms with Gasteiger partial charge in [0.05, 0.1) is 11.3 Å². The normalized spacial score (nSPS) is 10.4. The third-order valence-electron chi connectivity index (χ3n) is 2.70. The second-order valence-corrected chi connectivity index (χ2v) is 3.97. The Labute approximate surface area is 112 Å². The minimum Gasteiger partial charge on any atom is -0.455 e. The molecule has 0 radical (unpaired) electrons. The number of halogens is 1. The molecular formula is C13H7FN4O2. The molecule has 3 rings (SSSR count). The number of hydrogen-bond acceptors (Lipinski definition) is 6. The van der Waals surface area contributed by atoms with Crippen molar-refractivity contribution in [1.82, 2.24) is 10.3 Å². The first kappa shape index (κ1) is 11.9. The van der Waals surface area contributed by atoms with E-state index >= 15 is 0 Å². The van der Waals surface area contributed by atoms with Crippen molar-refractivity contribution in [3.8, 4) is 17.6 Å². The van der Waals surface area contributed by atoms with E-state index in [1.54, 1.807) is 18.2 Å². The predicted octanol–water partition coefficient (Wildman–Crippen LogP) is 2.61. The molecule has 0 saturated carbocycles. The van der Waals surface area contributed by atoms with Gasteiger partial charge < -0.3 is 10.5 Å².